The molecule has 0 bridgehead atoms. The molecule has 23 heavy (non-hydrogen) atoms. The molecule has 0 aliphatic carbocycles. The van der Waals surface area contributed by atoms with E-state index in [1.54, 1.807) is 14.1 Å². The van der Waals surface area contributed by atoms with Crippen molar-refractivity contribution >= 4 is 11.6 Å². The number of ether oxygens (including phenoxy) is 1. The number of rotatable bonds is 5. The molecule has 1 aromatic carbocycles. The quantitative estimate of drug-likeness (QED) is 0.624. The largest absolute Gasteiger partial charge is 0.454 e. The van der Waals surface area contributed by atoms with Gasteiger partial charge in [0.1, 0.15) is 5.75 Å². The predicted molar refractivity (Wildman–Crippen MR) is 79.8 cm³/mol. The monoisotopic (exact) mass is 319 g/mol. The number of benzene rings is 1. The molecule has 0 radical (unpaired) electrons. The lowest BCUT2D eigenvalue weighted by Crippen LogP contribution is -2.23. The van der Waals surface area contributed by atoms with Crippen molar-refractivity contribution in [1.82, 2.24) is 9.88 Å². The summed E-state index contributed by atoms with van der Waals surface area (Å²) in [6.45, 7) is 0. The normalized spacial score (nSPS) is 10.2. The second-order valence-corrected chi connectivity index (χ2v) is 4.92. The summed E-state index contributed by atoms with van der Waals surface area (Å²) >= 11 is 0. The molecule has 0 N–H and O–H groups in total. The van der Waals surface area contributed by atoms with Crippen LogP contribution in [0.15, 0.2) is 36.5 Å². The second kappa shape index (κ2) is 6.82. The van der Waals surface area contributed by atoms with E-state index in [1.165, 1.54) is 29.3 Å². The third-order valence-electron chi connectivity index (χ3n) is 2.97. The molecule has 2 aromatic rings. The summed E-state index contributed by atoms with van der Waals surface area (Å²) in [5.74, 6) is -0.834. The highest BCUT2D eigenvalue weighted by molar-refractivity contribution is 5.77. The van der Waals surface area contributed by atoms with Crippen molar-refractivity contribution in [2.45, 2.75) is 6.42 Å². The topological polar surface area (TPSA) is 85.6 Å². The summed E-state index contributed by atoms with van der Waals surface area (Å²) in [5, 5.41) is 10.6. The fraction of sp³-hybridized carbons (Fsp3) is 0.200. The molecule has 0 saturated heterocycles. The zero-order chi connectivity index (χ0) is 17.0. The molecule has 0 atom stereocenters. The van der Waals surface area contributed by atoms with Crippen LogP contribution < -0.4 is 4.74 Å². The smallest absolute Gasteiger partial charge is 0.272 e. The minimum absolute atomic E-state index is 0.0902. The second-order valence-electron chi connectivity index (χ2n) is 4.92. The zero-order valence-electron chi connectivity index (χ0n) is 12.5. The van der Waals surface area contributed by atoms with Gasteiger partial charge in [-0.3, -0.25) is 19.9 Å². The number of hydrogen-bond acceptors (Lipinski definition) is 5. The van der Waals surface area contributed by atoms with Crippen molar-refractivity contribution in [3.63, 3.8) is 0 Å². The van der Waals surface area contributed by atoms with Crippen molar-refractivity contribution in [1.29, 1.82) is 0 Å². The number of nitro benzene ring substituents is 1. The summed E-state index contributed by atoms with van der Waals surface area (Å²) in [5.41, 5.74) is 0.116. The molecule has 0 saturated carbocycles. The Morgan fingerprint density at radius 1 is 1.35 bits per heavy atom. The number of aromatic nitrogens is 1. The number of pyridine rings is 1. The van der Waals surface area contributed by atoms with E-state index in [-0.39, 0.29) is 29.5 Å². The summed E-state index contributed by atoms with van der Waals surface area (Å²) < 4.78 is 19.2. The molecule has 0 aliphatic heterocycles. The molecule has 1 amide bonds. The van der Waals surface area contributed by atoms with E-state index in [9.17, 15) is 19.3 Å². The Bertz CT molecular complexity index is 749. The highest BCUT2D eigenvalue weighted by atomic mass is 19.1. The summed E-state index contributed by atoms with van der Waals surface area (Å²) in [6, 6.07) is 6.13. The first-order valence-corrected chi connectivity index (χ1v) is 6.63. The first kappa shape index (κ1) is 16.3. The summed E-state index contributed by atoms with van der Waals surface area (Å²) in [7, 11) is 3.27. The van der Waals surface area contributed by atoms with E-state index in [1.807, 2.05) is 0 Å². The van der Waals surface area contributed by atoms with Crippen LogP contribution in [0.3, 0.4) is 0 Å². The number of hydrogen-bond donors (Lipinski definition) is 0. The zero-order valence-corrected chi connectivity index (χ0v) is 12.5. The van der Waals surface area contributed by atoms with Crippen LogP contribution in [0.25, 0.3) is 0 Å². The molecule has 7 nitrogen and oxygen atoms in total. The lowest BCUT2D eigenvalue weighted by molar-refractivity contribution is -0.385. The Morgan fingerprint density at radius 2 is 2.09 bits per heavy atom. The molecule has 120 valence electrons. The van der Waals surface area contributed by atoms with Gasteiger partial charge in [-0.25, -0.2) is 4.39 Å². The van der Waals surface area contributed by atoms with E-state index in [4.69, 9.17) is 4.74 Å². The van der Waals surface area contributed by atoms with Gasteiger partial charge >= 0.3 is 0 Å². The maximum Gasteiger partial charge on any atom is 0.272 e. The first-order chi connectivity index (χ1) is 10.9. The predicted octanol–water partition coefficient (Wildman–Crippen LogP) is 2.55. The SMILES string of the molecule is CN(C)C(=O)Cc1cc(Oc2ccc([N+](=O)[O-])cc2F)ccn1. The van der Waals surface area contributed by atoms with Crippen molar-refractivity contribution in [3.05, 3.63) is 58.2 Å². The molecule has 0 unspecified atom stereocenters. The Hall–Kier alpha value is -3.03. The number of non-ortho nitro benzene ring substituents is 1. The average Bonchev–Trinajstić information content (AvgIpc) is 2.49. The molecule has 0 fully saturated rings. The van der Waals surface area contributed by atoms with Gasteiger partial charge in [-0.05, 0) is 12.1 Å². The van der Waals surface area contributed by atoms with Crippen LogP contribution in [0, 0.1) is 15.9 Å². The minimum Gasteiger partial charge on any atom is -0.454 e. The molecular weight excluding hydrogens is 305 g/mol. The summed E-state index contributed by atoms with van der Waals surface area (Å²) in [6.07, 6.45) is 1.53. The molecule has 0 spiro atoms. The van der Waals surface area contributed by atoms with E-state index in [0.717, 1.165) is 12.1 Å². The van der Waals surface area contributed by atoms with Crippen LogP contribution in [0.4, 0.5) is 10.1 Å². The first-order valence-electron chi connectivity index (χ1n) is 6.63. The molecule has 1 heterocycles. The highest BCUT2D eigenvalue weighted by Crippen LogP contribution is 2.27. The van der Waals surface area contributed by atoms with Crippen LogP contribution in [-0.4, -0.2) is 34.8 Å². The van der Waals surface area contributed by atoms with Crippen LogP contribution in [-0.2, 0) is 11.2 Å². The van der Waals surface area contributed by atoms with Crippen LogP contribution in [0.5, 0.6) is 11.5 Å². The van der Waals surface area contributed by atoms with E-state index < -0.39 is 10.7 Å². The third kappa shape index (κ3) is 4.22. The van der Waals surface area contributed by atoms with Gasteiger partial charge in [0.05, 0.1) is 23.1 Å². The number of nitrogens with zero attached hydrogens (tertiary/aromatic N) is 3. The van der Waals surface area contributed by atoms with Gasteiger partial charge in [0, 0.05) is 32.4 Å². The number of carbonyl (C=O) groups excluding carboxylic acids is 1. The van der Waals surface area contributed by atoms with Crippen molar-refractivity contribution in [2.24, 2.45) is 0 Å². The lowest BCUT2D eigenvalue weighted by atomic mass is 10.2. The van der Waals surface area contributed by atoms with Crippen molar-refractivity contribution in [3.8, 4) is 11.5 Å². The molecule has 0 aliphatic rings. The standard InChI is InChI=1S/C15H14FN3O4/c1-18(2)15(20)8-10-7-12(5-6-17-10)23-14-4-3-11(19(21)22)9-13(14)16/h3-7,9H,8H2,1-2H3. The van der Waals surface area contributed by atoms with Gasteiger partial charge in [-0.15, -0.1) is 0 Å². The van der Waals surface area contributed by atoms with Gasteiger partial charge in [0.15, 0.2) is 11.6 Å². The number of halogens is 1. The fourth-order valence-electron chi connectivity index (χ4n) is 1.74. The number of nitro groups is 1. The maximum atomic E-state index is 13.8. The number of carbonyl (C=O) groups is 1. The van der Waals surface area contributed by atoms with Crippen molar-refractivity contribution in [2.75, 3.05) is 14.1 Å². The average molecular weight is 319 g/mol. The van der Waals surface area contributed by atoms with E-state index >= 15 is 0 Å². The van der Waals surface area contributed by atoms with E-state index in [0.29, 0.717) is 5.69 Å². The number of amides is 1. The van der Waals surface area contributed by atoms with Crippen molar-refractivity contribution < 1.29 is 18.8 Å². The molecule has 1 aromatic heterocycles. The minimum atomic E-state index is -0.845. The Balaban J connectivity index is 2.17. The molecule has 2 rings (SSSR count). The van der Waals surface area contributed by atoms with Crippen LogP contribution >= 0.6 is 0 Å². The highest BCUT2D eigenvalue weighted by Gasteiger charge is 2.13. The molecule has 8 heteroatoms. The maximum absolute atomic E-state index is 13.8. The Kier molecular flexibility index (Phi) is 4.85. The van der Waals surface area contributed by atoms with Gasteiger partial charge in [0.25, 0.3) is 5.69 Å². The van der Waals surface area contributed by atoms with Gasteiger partial charge in [0.2, 0.25) is 5.91 Å². The fourth-order valence-corrected chi connectivity index (χ4v) is 1.74. The third-order valence-corrected chi connectivity index (χ3v) is 2.97. The Labute approximate surface area is 131 Å². The van der Waals surface area contributed by atoms with Crippen LogP contribution in [0.2, 0.25) is 0 Å². The van der Waals surface area contributed by atoms with Gasteiger partial charge in [-0.1, -0.05) is 0 Å². The number of likely N-dealkylation sites (N-methyl/N-ethyl adjacent to an activating group) is 1. The van der Waals surface area contributed by atoms with Gasteiger partial charge in [-0.2, -0.15) is 0 Å². The van der Waals surface area contributed by atoms with Gasteiger partial charge < -0.3 is 9.64 Å². The van der Waals surface area contributed by atoms with E-state index in [2.05, 4.69) is 4.98 Å². The Morgan fingerprint density at radius 3 is 2.70 bits per heavy atom. The molecular formula is C15H14FN3O4. The summed E-state index contributed by atoms with van der Waals surface area (Å²) in [4.78, 5) is 27.0. The van der Waals surface area contributed by atoms with Crippen LogP contribution in [0.1, 0.15) is 5.69 Å². The lowest BCUT2D eigenvalue weighted by Gasteiger charge is -2.11.